The molecule has 0 heterocycles. The van der Waals surface area contributed by atoms with Gasteiger partial charge in [-0.05, 0) is 39.7 Å². The van der Waals surface area contributed by atoms with E-state index < -0.39 is 0 Å². The first-order valence-electron chi connectivity index (χ1n) is 6.59. The predicted molar refractivity (Wildman–Crippen MR) is 75.5 cm³/mol. The number of rotatable bonds is 8. The number of methoxy groups -OCH3 is 1. The largest absolute Gasteiger partial charge is 0.385 e. The quantitative estimate of drug-likeness (QED) is 0.663. The molecule has 3 nitrogen and oxygen atoms in total. The van der Waals surface area contributed by atoms with Crippen LogP contribution >= 0.6 is 0 Å². The molecule has 0 bridgehead atoms. The van der Waals surface area contributed by atoms with Crippen molar-refractivity contribution in [3.8, 4) is 0 Å². The van der Waals surface area contributed by atoms with Crippen LogP contribution in [0.3, 0.4) is 0 Å². The second-order valence-electron chi connectivity index (χ2n) is 6.85. The van der Waals surface area contributed by atoms with Crippen LogP contribution in [0.1, 0.15) is 41.0 Å². The number of ether oxygens (including phenoxy) is 1. The molecule has 0 unspecified atom stereocenters. The highest BCUT2D eigenvalue weighted by Gasteiger charge is 2.22. The van der Waals surface area contributed by atoms with Crippen LogP contribution in [0.4, 0.5) is 0 Å². The van der Waals surface area contributed by atoms with E-state index in [1.54, 1.807) is 7.11 Å². The Bertz CT molecular complexity index is 197. The second-order valence-corrected chi connectivity index (χ2v) is 6.85. The highest BCUT2D eigenvalue weighted by atomic mass is 16.5. The van der Waals surface area contributed by atoms with Gasteiger partial charge in [0.25, 0.3) is 0 Å². The van der Waals surface area contributed by atoms with Crippen molar-refractivity contribution in [2.45, 2.75) is 46.6 Å². The van der Waals surface area contributed by atoms with Gasteiger partial charge in [-0.3, -0.25) is 0 Å². The lowest BCUT2D eigenvalue weighted by atomic mass is 9.91. The van der Waals surface area contributed by atoms with Gasteiger partial charge in [-0.25, -0.2) is 0 Å². The van der Waals surface area contributed by atoms with Crippen molar-refractivity contribution in [2.24, 2.45) is 5.41 Å². The Morgan fingerprint density at radius 1 is 1.12 bits per heavy atom. The predicted octanol–water partition coefficient (Wildman–Crippen LogP) is 2.37. The highest BCUT2D eigenvalue weighted by Crippen LogP contribution is 2.16. The summed E-state index contributed by atoms with van der Waals surface area (Å²) in [6, 6.07) is 0. The zero-order chi connectivity index (χ0) is 13.5. The molecule has 0 aliphatic heterocycles. The summed E-state index contributed by atoms with van der Waals surface area (Å²) >= 11 is 0. The van der Waals surface area contributed by atoms with E-state index in [0.29, 0.717) is 5.41 Å². The summed E-state index contributed by atoms with van der Waals surface area (Å²) in [5, 5.41) is 3.58. The Labute approximate surface area is 108 Å². The SMILES string of the molecule is COCCCN(C)CC(C)(C)CNC(C)(C)C. The van der Waals surface area contributed by atoms with E-state index in [1.165, 1.54) is 0 Å². The van der Waals surface area contributed by atoms with E-state index in [-0.39, 0.29) is 5.54 Å². The fraction of sp³-hybridized carbons (Fsp3) is 1.00. The summed E-state index contributed by atoms with van der Waals surface area (Å²) in [7, 11) is 3.95. The van der Waals surface area contributed by atoms with Crippen LogP contribution in [-0.4, -0.2) is 50.8 Å². The molecule has 0 amide bonds. The Morgan fingerprint density at radius 3 is 2.18 bits per heavy atom. The molecule has 0 aromatic rings. The molecule has 0 rings (SSSR count). The zero-order valence-corrected chi connectivity index (χ0v) is 12.9. The van der Waals surface area contributed by atoms with E-state index in [0.717, 1.165) is 32.7 Å². The molecule has 0 saturated carbocycles. The van der Waals surface area contributed by atoms with Crippen molar-refractivity contribution in [2.75, 3.05) is 40.4 Å². The normalized spacial score (nSPS) is 13.4. The van der Waals surface area contributed by atoms with Crippen molar-refractivity contribution in [1.82, 2.24) is 10.2 Å². The van der Waals surface area contributed by atoms with Gasteiger partial charge >= 0.3 is 0 Å². The van der Waals surface area contributed by atoms with Crippen molar-refractivity contribution in [3.05, 3.63) is 0 Å². The molecule has 0 fully saturated rings. The number of hydrogen-bond acceptors (Lipinski definition) is 3. The number of nitrogens with zero attached hydrogens (tertiary/aromatic N) is 1. The van der Waals surface area contributed by atoms with Crippen LogP contribution in [0.5, 0.6) is 0 Å². The van der Waals surface area contributed by atoms with Gasteiger partial charge in [0.2, 0.25) is 0 Å². The summed E-state index contributed by atoms with van der Waals surface area (Å²) in [6.45, 7) is 15.4. The first-order chi connectivity index (χ1) is 7.66. The molecule has 0 saturated heterocycles. The molecule has 0 atom stereocenters. The van der Waals surface area contributed by atoms with Crippen molar-refractivity contribution in [3.63, 3.8) is 0 Å². The van der Waals surface area contributed by atoms with E-state index in [1.807, 2.05) is 0 Å². The molecule has 0 radical (unpaired) electrons. The number of hydrogen-bond donors (Lipinski definition) is 1. The first-order valence-corrected chi connectivity index (χ1v) is 6.59. The molecule has 0 aliphatic carbocycles. The Balaban J connectivity index is 3.89. The average molecular weight is 244 g/mol. The molecule has 0 spiro atoms. The van der Waals surface area contributed by atoms with E-state index in [2.05, 4.69) is 51.9 Å². The van der Waals surface area contributed by atoms with E-state index >= 15 is 0 Å². The van der Waals surface area contributed by atoms with Crippen molar-refractivity contribution in [1.29, 1.82) is 0 Å². The van der Waals surface area contributed by atoms with E-state index in [4.69, 9.17) is 4.74 Å². The third-order valence-corrected chi connectivity index (χ3v) is 2.68. The lowest BCUT2D eigenvalue weighted by molar-refractivity contribution is 0.155. The molecule has 0 aliphatic rings. The van der Waals surface area contributed by atoms with Gasteiger partial charge in [-0.15, -0.1) is 0 Å². The Hall–Kier alpha value is -0.120. The highest BCUT2D eigenvalue weighted by molar-refractivity contribution is 4.80. The topological polar surface area (TPSA) is 24.5 Å². The van der Waals surface area contributed by atoms with Crippen LogP contribution in [0.2, 0.25) is 0 Å². The average Bonchev–Trinajstić information content (AvgIpc) is 2.14. The minimum absolute atomic E-state index is 0.200. The molecule has 17 heavy (non-hydrogen) atoms. The molecule has 0 aromatic heterocycles. The third kappa shape index (κ3) is 10.7. The second kappa shape index (κ2) is 7.34. The van der Waals surface area contributed by atoms with Crippen LogP contribution in [0, 0.1) is 5.41 Å². The molecule has 0 aromatic carbocycles. The van der Waals surface area contributed by atoms with Gasteiger partial charge in [0.15, 0.2) is 0 Å². The van der Waals surface area contributed by atoms with Crippen LogP contribution < -0.4 is 5.32 Å². The fourth-order valence-corrected chi connectivity index (χ4v) is 1.85. The van der Waals surface area contributed by atoms with Gasteiger partial charge in [-0.1, -0.05) is 13.8 Å². The minimum Gasteiger partial charge on any atom is -0.385 e. The number of nitrogens with one attached hydrogen (secondary N) is 1. The summed E-state index contributed by atoms with van der Waals surface area (Å²) in [5.74, 6) is 0. The van der Waals surface area contributed by atoms with Gasteiger partial charge < -0.3 is 15.0 Å². The third-order valence-electron chi connectivity index (χ3n) is 2.68. The van der Waals surface area contributed by atoms with Crippen molar-refractivity contribution < 1.29 is 4.74 Å². The molecule has 3 heteroatoms. The maximum absolute atomic E-state index is 5.08. The minimum atomic E-state index is 0.200. The zero-order valence-electron chi connectivity index (χ0n) is 12.9. The molecular formula is C14H32N2O. The van der Waals surface area contributed by atoms with Crippen LogP contribution in [0.15, 0.2) is 0 Å². The molecule has 1 N–H and O–H groups in total. The van der Waals surface area contributed by atoms with Gasteiger partial charge in [-0.2, -0.15) is 0 Å². The van der Waals surface area contributed by atoms with Gasteiger partial charge in [0.1, 0.15) is 0 Å². The smallest absolute Gasteiger partial charge is 0.0474 e. The molecular weight excluding hydrogens is 212 g/mol. The summed E-state index contributed by atoms with van der Waals surface area (Å²) in [5.41, 5.74) is 0.501. The van der Waals surface area contributed by atoms with Gasteiger partial charge in [0.05, 0.1) is 0 Å². The maximum Gasteiger partial charge on any atom is 0.0474 e. The molecule has 104 valence electrons. The van der Waals surface area contributed by atoms with Crippen LogP contribution in [-0.2, 0) is 4.74 Å². The lowest BCUT2D eigenvalue weighted by Gasteiger charge is -2.33. The lowest BCUT2D eigenvalue weighted by Crippen LogP contribution is -2.45. The van der Waals surface area contributed by atoms with Crippen LogP contribution in [0.25, 0.3) is 0 Å². The first kappa shape index (κ1) is 16.9. The van der Waals surface area contributed by atoms with Crippen molar-refractivity contribution >= 4 is 0 Å². The Kier molecular flexibility index (Phi) is 7.29. The fourth-order valence-electron chi connectivity index (χ4n) is 1.85. The van der Waals surface area contributed by atoms with Gasteiger partial charge in [0, 0.05) is 38.9 Å². The summed E-state index contributed by atoms with van der Waals surface area (Å²) < 4.78 is 5.08. The summed E-state index contributed by atoms with van der Waals surface area (Å²) in [6.07, 6.45) is 1.11. The standard InChI is InChI=1S/C14H32N2O/c1-13(2,3)15-11-14(4,5)12-16(6)9-8-10-17-7/h15H,8-12H2,1-7H3. The Morgan fingerprint density at radius 2 is 1.71 bits per heavy atom. The monoisotopic (exact) mass is 244 g/mol. The summed E-state index contributed by atoms with van der Waals surface area (Å²) in [4.78, 5) is 2.39. The van der Waals surface area contributed by atoms with E-state index in [9.17, 15) is 0 Å². The maximum atomic E-state index is 5.08.